The first-order valence-corrected chi connectivity index (χ1v) is 7.08. The number of aromatic hydroxyl groups is 1. The molecule has 4 nitrogen and oxygen atoms in total. The summed E-state index contributed by atoms with van der Waals surface area (Å²) in [5.74, 6) is -0.0406. The number of hydrogen-bond donors (Lipinski definition) is 2. The number of hydrogen-bond acceptors (Lipinski definition) is 3. The third-order valence-electron chi connectivity index (χ3n) is 3.16. The average molecular weight is 343 g/mol. The maximum Gasteiger partial charge on any atom is 0.196 e. The van der Waals surface area contributed by atoms with Gasteiger partial charge in [-0.3, -0.25) is 9.89 Å². The highest BCUT2D eigenvalue weighted by molar-refractivity contribution is 9.10. The van der Waals surface area contributed by atoms with Crippen molar-refractivity contribution in [2.75, 3.05) is 0 Å². The summed E-state index contributed by atoms with van der Waals surface area (Å²) in [6.07, 6.45) is 1.48. The number of carbonyl (C=O) groups excluding carboxylic acids is 1. The van der Waals surface area contributed by atoms with Gasteiger partial charge in [0, 0.05) is 15.6 Å². The van der Waals surface area contributed by atoms with Crippen molar-refractivity contribution in [1.29, 1.82) is 0 Å². The van der Waals surface area contributed by atoms with E-state index in [2.05, 4.69) is 26.1 Å². The summed E-state index contributed by atoms with van der Waals surface area (Å²) in [6, 6.07) is 13.9. The van der Waals surface area contributed by atoms with Crippen LogP contribution in [0.2, 0.25) is 0 Å². The lowest BCUT2D eigenvalue weighted by Gasteiger charge is -2.05. The topological polar surface area (TPSA) is 66.0 Å². The molecule has 3 rings (SSSR count). The maximum absolute atomic E-state index is 12.6. The van der Waals surface area contributed by atoms with Gasteiger partial charge in [-0.05, 0) is 36.4 Å². The van der Waals surface area contributed by atoms with Crippen LogP contribution >= 0.6 is 15.9 Å². The molecule has 0 atom stereocenters. The lowest BCUT2D eigenvalue weighted by Crippen LogP contribution is -2.01. The molecule has 2 N–H and O–H groups in total. The van der Waals surface area contributed by atoms with Crippen molar-refractivity contribution in [1.82, 2.24) is 10.2 Å². The molecular formula is C16H11BrN2O2. The van der Waals surface area contributed by atoms with Gasteiger partial charge in [0.25, 0.3) is 0 Å². The molecular weight excluding hydrogens is 332 g/mol. The Bertz CT molecular complexity index is 794. The van der Waals surface area contributed by atoms with Gasteiger partial charge in [0.1, 0.15) is 5.75 Å². The van der Waals surface area contributed by atoms with Gasteiger partial charge in [-0.2, -0.15) is 5.10 Å². The molecule has 0 aliphatic carbocycles. The predicted octanol–water partition coefficient (Wildman–Crippen LogP) is 3.78. The van der Waals surface area contributed by atoms with Gasteiger partial charge in [0.05, 0.1) is 17.5 Å². The molecule has 104 valence electrons. The number of phenols is 1. The number of H-pyrrole nitrogens is 1. The molecule has 21 heavy (non-hydrogen) atoms. The van der Waals surface area contributed by atoms with Gasteiger partial charge < -0.3 is 5.11 Å². The van der Waals surface area contributed by atoms with E-state index in [4.69, 9.17) is 0 Å². The van der Waals surface area contributed by atoms with E-state index in [1.807, 2.05) is 12.1 Å². The van der Waals surface area contributed by atoms with Crippen LogP contribution < -0.4 is 0 Å². The predicted molar refractivity (Wildman–Crippen MR) is 83.3 cm³/mol. The zero-order valence-electron chi connectivity index (χ0n) is 10.9. The normalized spacial score (nSPS) is 10.5. The Morgan fingerprint density at radius 3 is 2.52 bits per heavy atom. The van der Waals surface area contributed by atoms with Crippen molar-refractivity contribution in [3.05, 3.63) is 70.3 Å². The summed E-state index contributed by atoms with van der Waals surface area (Å²) in [4.78, 5) is 12.6. The fourth-order valence-electron chi connectivity index (χ4n) is 2.11. The Morgan fingerprint density at radius 1 is 1.10 bits per heavy atom. The molecule has 2 aromatic carbocycles. The number of ketones is 1. The standard InChI is InChI=1S/C16H11BrN2O2/c17-11-7-5-10(6-8-11)16(21)13-9-18-19-15(13)12-3-1-2-4-14(12)20/h1-9,20H,(H,18,19). The summed E-state index contributed by atoms with van der Waals surface area (Å²) in [5, 5.41) is 16.7. The average Bonchev–Trinajstić information content (AvgIpc) is 2.97. The number of benzene rings is 2. The second-order valence-corrected chi connectivity index (χ2v) is 5.43. The molecule has 1 aromatic heterocycles. The van der Waals surface area contributed by atoms with Crippen LogP contribution in [0.15, 0.2) is 59.2 Å². The molecule has 0 saturated heterocycles. The molecule has 5 heteroatoms. The Kier molecular flexibility index (Phi) is 3.58. The number of nitrogens with one attached hydrogen (secondary N) is 1. The molecule has 0 fully saturated rings. The first-order chi connectivity index (χ1) is 10.2. The zero-order valence-corrected chi connectivity index (χ0v) is 12.5. The van der Waals surface area contributed by atoms with Crippen LogP contribution in [0, 0.1) is 0 Å². The summed E-state index contributed by atoms with van der Waals surface area (Å²) in [7, 11) is 0. The number of para-hydroxylation sites is 1. The SMILES string of the molecule is O=C(c1ccc(Br)cc1)c1cn[nH]c1-c1ccccc1O. The second kappa shape index (κ2) is 5.54. The number of phenolic OH excluding ortho intramolecular Hbond substituents is 1. The van der Waals surface area contributed by atoms with Gasteiger partial charge in [0.15, 0.2) is 5.78 Å². The molecule has 0 radical (unpaired) electrons. The van der Waals surface area contributed by atoms with Crippen LogP contribution in [0.3, 0.4) is 0 Å². The van der Waals surface area contributed by atoms with E-state index in [0.29, 0.717) is 22.4 Å². The Balaban J connectivity index is 2.05. The third kappa shape index (κ3) is 2.60. The molecule has 0 aliphatic heterocycles. The van der Waals surface area contributed by atoms with Crippen molar-refractivity contribution < 1.29 is 9.90 Å². The fourth-order valence-corrected chi connectivity index (χ4v) is 2.37. The number of aromatic nitrogens is 2. The highest BCUT2D eigenvalue weighted by atomic mass is 79.9. The lowest BCUT2D eigenvalue weighted by molar-refractivity contribution is 0.103. The first-order valence-electron chi connectivity index (χ1n) is 6.29. The Morgan fingerprint density at radius 2 is 1.81 bits per heavy atom. The monoisotopic (exact) mass is 342 g/mol. The molecule has 3 aromatic rings. The van der Waals surface area contributed by atoms with Gasteiger partial charge >= 0.3 is 0 Å². The smallest absolute Gasteiger partial charge is 0.196 e. The van der Waals surface area contributed by atoms with E-state index < -0.39 is 0 Å². The van der Waals surface area contributed by atoms with Crippen LogP contribution in [0.25, 0.3) is 11.3 Å². The molecule has 0 bridgehead atoms. The number of carbonyl (C=O) groups is 1. The van der Waals surface area contributed by atoms with Crippen molar-refractivity contribution in [3.8, 4) is 17.0 Å². The second-order valence-electron chi connectivity index (χ2n) is 4.51. The quantitative estimate of drug-likeness (QED) is 0.712. The molecule has 0 saturated carbocycles. The minimum absolute atomic E-state index is 0.103. The highest BCUT2D eigenvalue weighted by Gasteiger charge is 2.18. The van der Waals surface area contributed by atoms with Crippen molar-refractivity contribution in [2.24, 2.45) is 0 Å². The van der Waals surface area contributed by atoms with Crippen molar-refractivity contribution in [3.63, 3.8) is 0 Å². The van der Waals surface area contributed by atoms with Crippen LogP contribution in [-0.4, -0.2) is 21.1 Å². The first kappa shape index (κ1) is 13.6. The number of aromatic amines is 1. The van der Waals surface area contributed by atoms with Crippen molar-refractivity contribution in [2.45, 2.75) is 0 Å². The third-order valence-corrected chi connectivity index (χ3v) is 3.69. The van der Waals surface area contributed by atoms with Crippen LogP contribution in [-0.2, 0) is 0 Å². The van der Waals surface area contributed by atoms with Gasteiger partial charge in [-0.25, -0.2) is 0 Å². The fraction of sp³-hybridized carbons (Fsp3) is 0. The van der Waals surface area contributed by atoms with E-state index in [1.165, 1.54) is 6.20 Å². The van der Waals surface area contributed by atoms with E-state index in [1.54, 1.807) is 36.4 Å². The maximum atomic E-state index is 12.6. The summed E-state index contributed by atoms with van der Waals surface area (Å²) in [6.45, 7) is 0. The van der Waals surface area contributed by atoms with Crippen LogP contribution in [0.4, 0.5) is 0 Å². The minimum atomic E-state index is -0.144. The van der Waals surface area contributed by atoms with E-state index >= 15 is 0 Å². The van der Waals surface area contributed by atoms with E-state index in [0.717, 1.165) is 4.47 Å². The molecule has 0 amide bonds. The number of halogens is 1. The molecule has 0 spiro atoms. The van der Waals surface area contributed by atoms with E-state index in [9.17, 15) is 9.90 Å². The van der Waals surface area contributed by atoms with Gasteiger partial charge in [-0.15, -0.1) is 0 Å². The van der Waals surface area contributed by atoms with Crippen LogP contribution in [0.5, 0.6) is 5.75 Å². The summed E-state index contributed by atoms with van der Waals surface area (Å²) < 4.78 is 0.909. The Labute approximate surface area is 129 Å². The highest BCUT2D eigenvalue weighted by Crippen LogP contribution is 2.30. The molecule has 1 heterocycles. The Hall–Kier alpha value is -2.40. The number of nitrogens with zero attached hydrogens (tertiary/aromatic N) is 1. The zero-order chi connectivity index (χ0) is 14.8. The summed E-state index contributed by atoms with van der Waals surface area (Å²) in [5.41, 5.74) is 2.06. The molecule has 0 unspecified atom stereocenters. The minimum Gasteiger partial charge on any atom is -0.507 e. The lowest BCUT2D eigenvalue weighted by atomic mass is 10.00. The molecule has 0 aliphatic rings. The largest absolute Gasteiger partial charge is 0.507 e. The van der Waals surface area contributed by atoms with E-state index in [-0.39, 0.29) is 11.5 Å². The van der Waals surface area contributed by atoms with Gasteiger partial charge in [0.2, 0.25) is 0 Å². The van der Waals surface area contributed by atoms with Crippen molar-refractivity contribution >= 4 is 21.7 Å². The summed E-state index contributed by atoms with van der Waals surface area (Å²) >= 11 is 3.34. The number of rotatable bonds is 3. The van der Waals surface area contributed by atoms with Crippen LogP contribution in [0.1, 0.15) is 15.9 Å². The van der Waals surface area contributed by atoms with Gasteiger partial charge in [-0.1, -0.05) is 28.1 Å².